The van der Waals surface area contributed by atoms with Gasteiger partial charge < -0.3 is 19.4 Å². The van der Waals surface area contributed by atoms with Crippen LogP contribution in [0.15, 0.2) is 48.9 Å². The van der Waals surface area contributed by atoms with Crippen molar-refractivity contribution in [1.29, 1.82) is 0 Å². The Bertz CT molecular complexity index is 858. The summed E-state index contributed by atoms with van der Waals surface area (Å²) in [5, 5.41) is 3.73. The van der Waals surface area contributed by atoms with Crippen molar-refractivity contribution in [3.8, 4) is 16.6 Å². The average Bonchev–Trinajstić information content (AvgIpc) is 3.26. The van der Waals surface area contributed by atoms with E-state index in [1.807, 2.05) is 35.2 Å². The van der Waals surface area contributed by atoms with E-state index in [4.69, 9.17) is 9.47 Å². The Morgan fingerprint density at radius 1 is 1.21 bits per heavy atom. The van der Waals surface area contributed by atoms with E-state index >= 15 is 0 Å². The normalized spacial score (nSPS) is 12.8. The molecule has 2 aromatic heterocycles. The summed E-state index contributed by atoms with van der Waals surface area (Å²) in [7, 11) is 0. The second-order valence-electron chi connectivity index (χ2n) is 5.28. The molecule has 1 N–H and O–H groups in total. The van der Waals surface area contributed by atoms with Gasteiger partial charge in [-0.3, -0.25) is 4.79 Å². The number of hydrogen-bond acceptors (Lipinski definition) is 5. The van der Waals surface area contributed by atoms with Gasteiger partial charge in [-0.1, -0.05) is 0 Å². The van der Waals surface area contributed by atoms with E-state index in [0.29, 0.717) is 30.4 Å². The summed E-state index contributed by atoms with van der Waals surface area (Å²) >= 11 is 1.50. The van der Waals surface area contributed by atoms with Crippen LogP contribution in [-0.4, -0.2) is 28.7 Å². The number of anilines is 1. The van der Waals surface area contributed by atoms with Crippen LogP contribution in [0.5, 0.6) is 11.5 Å². The Balaban J connectivity index is 1.42. The number of hydrogen-bond donors (Lipinski definition) is 1. The molecule has 0 spiro atoms. The molecule has 0 saturated carbocycles. The van der Waals surface area contributed by atoms with Crippen LogP contribution in [-0.2, 0) is 11.2 Å². The molecule has 4 rings (SSSR count). The Hall–Kier alpha value is -2.80. The quantitative estimate of drug-likeness (QED) is 0.792. The lowest BCUT2D eigenvalue weighted by molar-refractivity contribution is -0.115. The maximum Gasteiger partial charge on any atom is 0.229 e. The molecule has 1 aliphatic heterocycles. The fourth-order valence-electron chi connectivity index (χ4n) is 2.44. The maximum absolute atomic E-state index is 12.2. The molecule has 0 saturated heterocycles. The van der Waals surface area contributed by atoms with Crippen LogP contribution in [0.3, 0.4) is 0 Å². The van der Waals surface area contributed by atoms with Crippen LogP contribution in [0, 0.1) is 0 Å². The number of fused-ring (bicyclic) bond motifs is 1. The summed E-state index contributed by atoms with van der Waals surface area (Å²) in [5.74, 6) is 1.28. The zero-order valence-corrected chi connectivity index (χ0v) is 13.6. The largest absolute Gasteiger partial charge is 0.486 e. The second kappa shape index (κ2) is 6.37. The van der Waals surface area contributed by atoms with Crippen molar-refractivity contribution in [2.75, 3.05) is 18.5 Å². The highest BCUT2D eigenvalue weighted by Crippen LogP contribution is 2.32. The molecule has 7 heteroatoms. The number of thiazole rings is 1. The van der Waals surface area contributed by atoms with Crippen LogP contribution in [0.1, 0.15) is 4.88 Å². The Labute approximate surface area is 142 Å². The highest BCUT2D eigenvalue weighted by atomic mass is 32.1. The van der Waals surface area contributed by atoms with Gasteiger partial charge in [0.25, 0.3) is 0 Å². The lowest BCUT2D eigenvalue weighted by Crippen LogP contribution is -2.17. The molecular weight excluding hydrogens is 326 g/mol. The van der Waals surface area contributed by atoms with Gasteiger partial charge in [0.1, 0.15) is 13.2 Å². The van der Waals surface area contributed by atoms with E-state index in [-0.39, 0.29) is 12.3 Å². The minimum absolute atomic E-state index is 0.0885. The lowest BCUT2D eigenvalue weighted by Gasteiger charge is -2.18. The highest BCUT2D eigenvalue weighted by Gasteiger charge is 2.13. The van der Waals surface area contributed by atoms with Crippen molar-refractivity contribution in [3.63, 3.8) is 0 Å². The topological polar surface area (TPSA) is 65.4 Å². The molecule has 1 aliphatic rings. The first-order valence-corrected chi connectivity index (χ1v) is 8.37. The predicted octanol–water partition coefficient (Wildman–Crippen LogP) is 2.89. The fourth-order valence-corrected chi connectivity index (χ4v) is 3.32. The first-order chi connectivity index (χ1) is 11.8. The number of rotatable bonds is 4. The molecular formula is C17H15N3O3S. The summed E-state index contributed by atoms with van der Waals surface area (Å²) in [5.41, 5.74) is 0.694. The molecule has 3 aromatic rings. The molecule has 122 valence electrons. The van der Waals surface area contributed by atoms with Gasteiger partial charge >= 0.3 is 0 Å². The summed E-state index contributed by atoms with van der Waals surface area (Å²) < 4.78 is 12.9. The smallest absolute Gasteiger partial charge is 0.229 e. The van der Waals surface area contributed by atoms with Crippen molar-refractivity contribution in [2.45, 2.75) is 6.42 Å². The molecule has 24 heavy (non-hydrogen) atoms. The van der Waals surface area contributed by atoms with Gasteiger partial charge in [-0.15, -0.1) is 11.3 Å². The van der Waals surface area contributed by atoms with Gasteiger partial charge in [0.05, 0.1) is 6.42 Å². The molecule has 0 radical (unpaired) electrons. The monoisotopic (exact) mass is 341 g/mol. The van der Waals surface area contributed by atoms with E-state index < -0.39 is 0 Å². The standard InChI is InChI=1S/C17H15N3O3S/c21-16(10-13-11-18-17(24-13)20-5-1-2-6-20)19-12-3-4-14-15(9-12)23-8-7-22-14/h1-6,9,11H,7-8,10H2,(H,19,21). The molecule has 0 aliphatic carbocycles. The van der Waals surface area contributed by atoms with Crippen LogP contribution >= 0.6 is 11.3 Å². The third-order valence-electron chi connectivity index (χ3n) is 3.53. The second-order valence-corrected chi connectivity index (χ2v) is 6.38. The number of aromatic nitrogens is 2. The fraction of sp³-hybridized carbons (Fsp3) is 0.176. The zero-order valence-electron chi connectivity index (χ0n) is 12.8. The van der Waals surface area contributed by atoms with E-state index in [9.17, 15) is 4.79 Å². The van der Waals surface area contributed by atoms with Crippen LogP contribution in [0.25, 0.3) is 5.13 Å². The van der Waals surface area contributed by atoms with Crippen molar-refractivity contribution in [2.24, 2.45) is 0 Å². The third-order valence-corrected chi connectivity index (χ3v) is 4.54. The zero-order chi connectivity index (χ0) is 16.4. The van der Waals surface area contributed by atoms with E-state index in [2.05, 4.69) is 10.3 Å². The van der Waals surface area contributed by atoms with E-state index in [1.165, 1.54) is 11.3 Å². The van der Waals surface area contributed by atoms with Crippen LogP contribution < -0.4 is 14.8 Å². The van der Waals surface area contributed by atoms with E-state index in [1.54, 1.807) is 18.3 Å². The van der Waals surface area contributed by atoms with Crippen molar-refractivity contribution >= 4 is 22.9 Å². The molecule has 0 bridgehead atoms. The average molecular weight is 341 g/mol. The van der Waals surface area contributed by atoms with Gasteiger partial charge in [-0.2, -0.15) is 0 Å². The first kappa shape index (κ1) is 14.8. The molecule has 0 fully saturated rings. The molecule has 0 unspecified atom stereocenters. The number of nitrogens with zero attached hydrogens (tertiary/aromatic N) is 2. The summed E-state index contributed by atoms with van der Waals surface area (Å²) in [6.07, 6.45) is 5.88. The third kappa shape index (κ3) is 3.11. The Kier molecular flexibility index (Phi) is 3.92. The summed E-state index contributed by atoms with van der Waals surface area (Å²) in [4.78, 5) is 17.5. The highest BCUT2D eigenvalue weighted by molar-refractivity contribution is 7.14. The molecule has 0 atom stereocenters. The van der Waals surface area contributed by atoms with Crippen LogP contribution in [0.4, 0.5) is 5.69 Å². The maximum atomic E-state index is 12.2. The minimum Gasteiger partial charge on any atom is -0.486 e. The Morgan fingerprint density at radius 2 is 2.00 bits per heavy atom. The number of ether oxygens (including phenoxy) is 2. The lowest BCUT2D eigenvalue weighted by atomic mass is 10.2. The van der Waals surface area contributed by atoms with Gasteiger partial charge in [0.15, 0.2) is 16.6 Å². The van der Waals surface area contributed by atoms with Gasteiger partial charge in [-0.25, -0.2) is 4.98 Å². The number of amides is 1. The van der Waals surface area contributed by atoms with Crippen LogP contribution in [0.2, 0.25) is 0 Å². The molecule has 1 amide bonds. The SMILES string of the molecule is O=C(Cc1cnc(-n2cccc2)s1)Nc1ccc2c(c1)OCCO2. The molecule has 1 aromatic carbocycles. The van der Waals surface area contributed by atoms with Crippen molar-refractivity contribution in [1.82, 2.24) is 9.55 Å². The summed E-state index contributed by atoms with van der Waals surface area (Å²) in [6, 6.07) is 9.28. The number of carbonyl (C=O) groups excluding carboxylic acids is 1. The summed E-state index contributed by atoms with van der Waals surface area (Å²) in [6.45, 7) is 1.07. The van der Waals surface area contributed by atoms with Gasteiger partial charge in [-0.05, 0) is 24.3 Å². The molecule has 6 nitrogen and oxygen atoms in total. The molecule has 3 heterocycles. The Morgan fingerprint density at radius 3 is 2.83 bits per heavy atom. The van der Waals surface area contributed by atoms with E-state index in [0.717, 1.165) is 10.0 Å². The van der Waals surface area contributed by atoms with Gasteiger partial charge in [0.2, 0.25) is 5.91 Å². The number of carbonyl (C=O) groups is 1. The number of benzene rings is 1. The van der Waals surface area contributed by atoms with Crippen molar-refractivity contribution in [3.05, 3.63) is 53.8 Å². The predicted molar refractivity (Wildman–Crippen MR) is 91.2 cm³/mol. The minimum atomic E-state index is -0.0885. The van der Waals surface area contributed by atoms with Crippen molar-refractivity contribution < 1.29 is 14.3 Å². The first-order valence-electron chi connectivity index (χ1n) is 7.55. The van der Waals surface area contributed by atoms with Gasteiger partial charge in [0, 0.05) is 35.2 Å². The number of nitrogens with one attached hydrogen (secondary N) is 1.